The molecule has 2 aromatic rings. The molecule has 1 heterocycles. The first-order valence-corrected chi connectivity index (χ1v) is 7.40. The second kappa shape index (κ2) is 5.19. The van der Waals surface area contributed by atoms with E-state index in [0.29, 0.717) is 11.7 Å². The van der Waals surface area contributed by atoms with Gasteiger partial charge in [-0.25, -0.2) is 4.68 Å². The van der Waals surface area contributed by atoms with Crippen LogP contribution in [0.4, 0.5) is 5.69 Å². The molecule has 106 valence electrons. The lowest BCUT2D eigenvalue weighted by Crippen LogP contribution is -2.27. The number of hydrogen-bond donors (Lipinski definition) is 1. The number of nitrogens with zero attached hydrogens (tertiary/aromatic N) is 2. The molecule has 0 radical (unpaired) electrons. The highest BCUT2D eigenvalue weighted by molar-refractivity contribution is 5.72. The van der Waals surface area contributed by atoms with E-state index in [1.807, 2.05) is 35.0 Å². The van der Waals surface area contributed by atoms with Gasteiger partial charge in [-0.3, -0.25) is 9.48 Å². The average molecular weight is 271 g/mol. The Kier molecular flexibility index (Phi) is 3.38. The monoisotopic (exact) mass is 271 g/mol. The predicted octanol–water partition coefficient (Wildman–Crippen LogP) is 3.03. The lowest BCUT2D eigenvalue weighted by atomic mass is 10.1. The zero-order valence-corrected chi connectivity index (χ0v) is 11.9. The van der Waals surface area contributed by atoms with Crippen molar-refractivity contribution in [2.45, 2.75) is 45.2 Å². The molecule has 2 N–H and O–H groups in total. The summed E-state index contributed by atoms with van der Waals surface area (Å²) in [6.45, 7) is 2.82. The fraction of sp³-hybridized carbons (Fsp3) is 0.438. The molecule has 4 heteroatoms. The minimum atomic E-state index is -0.0300. The predicted molar refractivity (Wildman–Crippen MR) is 81.7 cm³/mol. The van der Waals surface area contributed by atoms with Crippen molar-refractivity contribution < 1.29 is 0 Å². The van der Waals surface area contributed by atoms with Gasteiger partial charge in [0.15, 0.2) is 0 Å². The molecule has 0 saturated heterocycles. The SMILES string of the molecule is CCn1c(-c2ccccc2)c(N)c(=O)n1C1CCCC1. The van der Waals surface area contributed by atoms with E-state index in [1.165, 1.54) is 12.8 Å². The Bertz CT molecular complexity index is 648. The molecule has 1 aliphatic carbocycles. The summed E-state index contributed by atoms with van der Waals surface area (Å²) in [6.07, 6.45) is 4.56. The van der Waals surface area contributed by atoms with Crippen LogP contribution in [0.15, 0.2) is 35.1 Å². The van der Waals surface area contributed by atoms with Crippen LogP contribution < -0.4 is 11.3 Å². The van der Waals surface area contributed by atoms with Crippen LogP contribution in [0.3, 0.4) is 0 Å². The molecule has 4 nitrogen and oxygen atoms in total. The van der Waals surface area contributed by atoms with E-state index in [0.717, 1.165) is 30.6 Å². The van der Waals surface area contributed by atoms with Crippen molar-refractivity contribution in [2.24, 2.45) is 0 Å². The molecule has 0 bridgehead atoms. The number of hydrogen-bond acceptors (Lipinski definition) is 2. The molecule has 1 fully saturated rings. The lowest BCUT2D eigenvalue weighted by molar-refractivity contribution is 0.375. The summed E-state index contributed by atoms with van der Waals surface area (Å²) in [7, 11) is 0. The van der Waals surface area contributed by atoms with Gasteiger partial charge in [0, 0.05) is 12.1 Å². The zero-order valence-electron chi connectivity index (χ0n) is 11.9. The molecule has 1 aromatic heterocycles. The fourth-order valence-electron chi connectivity index (χ4n) is 3.30. The molecule has 0 atom stereocenters. The minimum Gasteiger partial charge on any atom is -0.392 e. The largest absolute Gasteiger partial charge is 0.392 e. The molecule has 1 aliphatic rings. The van der Waals surface area contributed by atoms with E-state index >= 15 is 0 Å². The maximum absolute atomic E-state index is 12.5. The van der Waals surface area contributed by atoms with Crippen molar-refractivity contribution in [3.63, 3.8) is 0 Å². The second-order valence-corrected chi connectivity index (χ2v) is 5.43. The van der Waals surface area contributed by atoms with Crippen molar-refractivity contribution in [3.8, 4) is 11.3 Å². The van der Waals surface area contributed by atoms with Gasteiger partial charge in [0.25, 0.3) is 5.56 Å². The van der Waals surface area contributed by atoms with Crippen molar-refractivity contribution in [2.75, 3.05) is 5.73 Å². The van der Waals surface area contributed by atoms with E-state index < -0.39 is 0 Å². The van der Waals surface area contributed by atoms with Crippen LogP contribution in [0.2, 0.25) is 0 Å². The number of nitrogen functional groups attached to an aromatic ring is 1. The van der Waals surface area contributed by atoms with Crippen LogP contribution in [0, 0.1) is 0 Å². The molecule has 3 rings (SSSR count). The molecule has 0 amide bonds. The Labute approximate surface area is 118 Å². The molecule has 1 aromatic carbocycles. The van der Waals surface area contributed by atoms with E-state index in [-0.39, 0.29) is 5.56 Å². The maximum Gasteiger partial charge on any atom is 0.290 e. The van der Waals surface area contributed by atoms with Gasteiger partial charge in [-0.2, -0.15) is 0 Å². The molecule has 0 unspecified atom stereocenters. The van der Waals surface area contributed by atoms with Gasteiger partial charge in [-0.1, -0.05) is 43.2 Å². The summed E-state index contributed by atoms with van der Waals surface area (Å²) in [5.41, 5.74) is 8.36. The summed E-state index contributed by atoms with van der Waals surface area (Å²) < 4.78 is 3.95. The first kappa shape index (κ1) is 13.0. The fourth-order valence-corrected chi connectivity index (χ4v) is 3.30. The van der Waals surface area contributed by atoms with E-state index in [9.17, 15) is 4.79 Å². The second-order valence-electron chi connectivity index (χ2n) is 5.43. The van der Waals surface area contributed by atoms with Crippen LogP contribution >= 0.6 is 0 Å². The van der Waals surface area contributed by atoms with Crippen LogP contribution in [0.1, 0.15) is 38.6 Å². The van der Waals surface area contributed by atoms with Crippen LogP contribution in [-0.2, 0) is 6.54 Å². The van der Waals surface area contributed by atoms with Crippen molar-refractivity contribution in [1.29, 1.82) is 0 Å². The van der Waals surface area contributed by atoms with Gasteiger partial charge in [0.05, 0.1) is 11.7 Å². The number of rotatable bonds is 3. The maximum atomic E-state index is 12.5. The molecule has 0 spiro atoms. The highest BCUT2D eigenvalue weighted by atomic mass is 16.1. The van der Waals surface area contributed by atoms with E-state index in [1.54, 1.807) is 0 Å². The average Bonchev–Trinajstić information content (AvgIpc) is 3.08. The molecular formula is C16H21N3O. The molecule has 0 aliphatic heterocycles. The molecular weight excluding hydrogens is 250 g/mol. The van der Waals surface area contributed by atoms with E-state index in [4.69, 9.17) is 5.73 Å². The third-order valence-electron chi connectivity index (χ3n) is 4.23. The van der Waals surface area contributed by atoms with Crippen LogP contribution in [0.5, 0.6) is 0 Å². The van der Waals surface area contributed by atoms with Crippen LogP contribution in [0.25, 0.3) is 11.3 Å². The summed E-state index contributed by atoms with van der Waals surface area (Å²) in [6, 6.07) is 10.3. The van der Waals surface area contributed by atoms with Gasteiger partial charge in [-0.15, -0.1) is 0 Å². The number of benzene rings is 1. The minimum absolute atomic E-state index is 0.0300. The zero-order chi connectivity index (χ0) is 14.1. The Balaban J connectivity index is 2.20. The number of aromatic nitrogens is 2. The van der Waals surface area contributed by atoms with Gasteiger partial charge in [-0.05, 0) is 19.8 Å². The Morgan fingerprint density at radius 1 is 1.20 bits per heavy atom. The van der Waals surface area contributed by atoms with Gasteiger partial charge in [0.1, 0.15) is 5.69 Å². The topological polar surface area (TPSA) is 52.9 Å². The Morgan fingerprint density at radius 3 is 2.45 bits per heavy atom. The Morgan fingerprint density at radius 2 is 1.85 bits per heavy atom. The number of nitrogens with two attached hydrogens (primary N) is 1. The number of anilines is 1. The van der Waals surface area contributed by atoms with Gasteiger partial charge in [0.2, 0.25) is 0 Å². The van der Waals surface area contributed by atoms with Crippen molar-refractivity contribution in [1.82, 2.24) is 9.36 Å². The third kappa shape index (κ3) is 1.96. The summed E-state index contributed by atoms with van der Waals surface area (Å²) in [5.74, 6) is 0. The standard InChI is InChI=1S/C16H21N3O/c1-2-18-15(12-8-4-3-5-9-12)14(17)16(20)19(18)13-10-6-7-11-13/h3-5,8-9,13H,2,6-7,10-11,17H2,1H3. The Hall–Kier alpha value is -1.97. The lowest BCUT2D eigenvalue weighted by Gasteiger charge is -2.18. The highest BCUT2D eigenvalue weighted by Crippen LogP contribution is 2.32. The van der Waals surface area contributed by atoms with Crippen molar-refractivity contribution in [3.05, 3.63) is 40.7 Å². The van der Waals surface area contributed by atoms with Gasteiger partial charge >= 0.3 is 0 Å². The van der Waals surface area contributed by atoms with Crippen molar-refractivity contribution >= 4 is 5.69 Å². The van der Waals surface area contributed by atoms with Crippen LogP contribution in [-0.4, -0.2) is 9.36 Å². The first-order chi connectivity index (χ1) is 9.74. The molecule has 20 heavy (non-hydrogen) atoms. The summed E-state index contributed by atoms with van der Waals surface area (Å²) in [4.78, 5) is 12.5. The van der Waals surface area contributed by atoms with E-state index in [2.05, 4.69) is 11.6 Å². The molecule has 1 saturated carbocycles. The summed E-state index contributed by atoms with van der Waals surface area (Å²) in [5, 5.41) is 0. The smallest absolute Gasteiger partial charge is 0.290 e. The van der Waals surface area contributed by atoms with Gasteiger partial charge < -0.3 is 5.73 Å². The quantitative estimate of drug-likeness (QED) is 0.933. The summed E-state index contributed by atoms with van der Waals surface area (Å²) >= 11 is 0. The normalized spacial score (nSPS) is 15.8. The first-order valence-electron chi connectivity index (χ1n) is 7.40. The highest BCUT2D eigenvalue weighted by Gasteiger charge is 2.25. The third-order valence-corrected chi connectivity index (χ3v) is 4.23.